The Kier molecular flexibility index (Phi) is 4.48. The fourth-order valence-corrected chi connectivity index (χ4v) is 1.84. The minimum absolute atomic E-state index is 0.994. The van der Waals surface area contributed by atoms with Crippen LogP contribution < -0.4 is 0 Å². The lowest BCUT2D eigenvalue weighted by Crippen LogP contribution is -1.89. The van der Waals surface area contributed by atoms with E-state index < -0.39 is 0 Å². The van der Waals surface area contributed by atoms with Crippen LogP contribution in [-0.2, 0) is 6.42 Å². The molecular weight excluding hydrogens is 218 g/mol. The van der Waals surface area contributed by atoms with Crippen molar-refractivity contribution in [2.24, 2.45) is 0 Å². The Hall–Kier alpha value is -2.15. The molecule has 0 aliphatic heterocycles. The van der Waals surface area contributed by atoms with Gasteiger partial charge < -0.3 is 0 Å². The lowest BCUT2D eigenvalue weighted by Gasteiger charge is -2.04. The molecule has 18 heavy (non-hydrogen) atoms. The van der Waals surface area contributed by atoms with Crippen LogP contribution in [-0.4, -0.2) is 4.98 Å². The van der Waals surface area contributed by atoms with E-state index in [2.05, 4.69) is 30.1 Å². The van der Waals surface area contributed by atoms with Gasteiger partial charge in [-0.2, -0.15) is 0 Å². The SMILES string of the molecule is CCc1cccnc1-c1ccccccccc1. The summed E-state index contributed by atoms with van der Waals surface area (Å²) < 4.78 is 0. The zero-order valence-electron chi connectivity index (χ0n) is 10.6. The molecule has 2 aromatic rings. The Balaban J connectivity index is 2.56. The smallest absolute Gasteiger partial charge is 0.0733 e. The van der Waals surface area contributed by atoms with E-state index in [9.17, 15) is 0 Å². The van der Waals surface area contributed by atoms with E-state index in [-0.39, 0.29) is 0 Å². The maximum atomic E-state index is 4.50. The summed E-state index contributed by atoms with van der Waals surface area (Å²) in [5, 5.41) is 0. The molecule has 0 spiro atoms. The summed E-state index contributed by atoms with van der Waals surface area (Å²) in [6.45, 7) is 2.16. The molecule has 0 aliphatic carbocycles. The Morgan fingerprint density at radius 1 is 0.778 bits per heavy atom. The highest BCUT2D eigenvalue weighted by Crippen LogP contribution is 2.19. The van der Waals surface area contributed by atoms with Crippen molar-refractivity contribution >= 4 is 0 Å². The average Bonchev–Trinajstić information content (AvgIpc) is 2.44. The molecule has 0 atom stereocenters. The molecule has 1 heteroatoms. The van der Waals surface area contributed by atoms with Crippen molar-refractivity contribution in [2.75, 3.05) is 0 Å². The van der Waals surface area contributed by atoms with Crippen LogP contribution in [0.5, 0.6) is 0 Å². The van der Waals surface area contributed by atoms with Gasteiger partial charge in [-0.3, -0.25) is 4.98 Å². The van der Waals surface area contributed by atoms with Crippen molar-refractivity contribution in [1.82, 2.24) is 4.98 Å². The number of pyridine rings is 1. The van der Waals surface area contributed by atoms with Gasteiger partial charge in [0.05, 0.1) is 5.69 Å². The lowest BCUT2D eigenvalue weighted by atomic mass is 10.1. The highest BCUT2D eigenvalue weighted by Gasteiger charge is 2.01. The van der Waals surface area contributed by atoms with Crippen molar-refractivity contribution in [1.29, 1.82) is 0 Å². The first kappa shape index (κ1) is 12.3. The van der Waals surface area contributed by atoms with Crippen LogP contribution >= 0.6 is 0 Å². The largest absolute Gasteiger partial charge is 0.256 e. The molecule has 2 rings (SSSR count). The summed E-state index contributed by atoms with van der Waals surface area (Å²) in [5.41, 5.74) is 3.49. The van der Waals surface area contributed by atoms with Crippen LogP contribution in [0, 0.1) is 0 Å². The van der Waals surface area contributed by atoms with Gasteiger partial charge in [-0.15, -0.1) is 0 Å². The van der Waals surface area contributed by atoms with Gasteiger partial charge >= 0.3 is 0 Å². The second kappa shape index (κ2) is 6.55. The molecule has 0 saturated carbocycles. The molecule has 0 N–H and O–H groups in total. The number of hydrogen-bond donors (Lipinski definition) is 0. The number of aryl methyl sites for hydroxylation is 1. The van der Waals surface area contributed by atoms with Crippen molar-refractivity contribution in [3.05, 3.63) is 78.5 Å². The normalized spacial score (nSPS) is 9.61. The molecular formula is C17H17N. The van der Waals surface area contributed by atoms with Crippen molar-refractivity contribution in [2.45, 2.75) is 13.3 Å². The monoisotopic (exact) mass is 235 g/mol. The van der Waals surface area contributed by atoms with Crippen LogP contribution in [0.2, 0.25) is 0 Å². The first-order valence-corrected chi connectivity index (χ1v) is 6.24. The fraction of sp³-hybridized carbons (Fsp3) is 0.118. The number of aromatic nitrogens is 1. The maximum absolute atomic E-state index is 4.50. The van der Waals surface area contributed by atoms with Crippen LogP contribution in [0.4, 0.5) is 0 Å². The third-order valence-corrected chi connectivity index (χ3v) is 2.76. The van der Waals surface area contributed by atoms with Crippen molar-refractivity contribution in [3.8, 4) is 11.3 Å². The Bertz CT molecular complexity index is 535. The van der Waals surface area contributed by atoms with Gasteiger partial charge in [0.25, 0.3) is 0 Å². The average molecular weight is 235 g/mol. The van der Waals surface area contributed by atoms with Gasteiger partial charge in [-0.05, 0) is 18.1 Å². The fourth-order valence-electron chi connectivity index (χ4n) is 1.84. The van der Waals surface area contributed by atoms with Crippen LogP contribution in [0.25, 0.3) is 11.3 Å². The molecule has 0 radical (unpaired) electrons. The van der Waals surface area contributed by atoms with Gasteiger partial charge in [-0.1, -0.05) is 67.6 Å². The second-order valence-electron chi connectivity index (χ2n) is 4.00. The third kappa shape index (κ3) is 3.17. The van der Waals surface area contributed by atoms with E-state index in [0.717, 1.165) is 17.7 Å². The maximum Gasteiger partial charge on any atom is 0.0733 e. The molecule has 1 heterocycles. The molecule has 0 aliphatic rings. The van der Waals surface area contributed by atoms with E-state index in [1.165, 1.54) is 5.56 Å². The third-order valence-electron chi connectivity index (χ3n) is 2.76. The summed E-state index contributed by atoms with van der Waals surface area (Å²) in [5.74, 6) is 0. The topological polar surface area (TPSA) is 12.9 Å². The van der Waals surface area contributed by atoms with E-state index >= 15 is 0 Å². The van der Waals surface area contributed by atoms with Crippen LogP contribution in [0.15, 0.2) is 72.9 Å². The highest BCUT2D eigenvalue weighted by molar-refractivity contribution is 5.62. The molecule has 0 bridgehead atoms. The van der Waals surface area contributed by atoms with Crippen molar-refractivity contribution in [3.63, 3.8) is 0 Å². The first-order chi connectivity index (χ1) is 8.92. The Morgan fingerprint density at radius 2 is 1.39 bits per heavy atom. The van der Waals surface area contributed by atoms with Gasteiger partial charge in [0.15, 0.2) is 0 Å². The molecule has 0 fully saturated rings. The molecule has 0 saturated heterocycles. The molecule has 1 aromatic heterocycles. The minimum atomic E-state index is 0.994. The number of rotatable bonds is 2. The Morgan fingerprint density at radius 3 is 2.00 bits per heavy atom. The highest BCUT2D eigenvalue weighted by atomic mass is 14.7. The molecule has 0 unspecified atom stereocenters. The summed E-state index contributed by atoms with van der Waals surface area (Å²) >= 11 is 0. The minimum Gasteiger partial charge on any atom is -0.256 e. The van der Waals surface area contributed by atoms with Gasteiger partial charge in [0, 0.05) is 11.8 Å². The van der Waals surface area contributed by atoms with Gasteiger partial charge in [-0.25, -0.2) is 0 Å². The predicted octanol–water partition coefficient (Wildman–Crippen LogP) is 4.44. The number of nitrogens with zero attached hydrogens (tertiary/aromatic N) is 1. The standard InChI is InChI=1S/C17H17N/c1-2-15-13-10-14-18-17(15)16-11-8-6-4-3-5-7-9-12-16/h3-14H,2H2,1H3. The Labute approximate surface area is 108 Å². The molecule has 0 amide bonds. The van der Waals surface area contributed by atoms with E-state index in [1.807, 2.05) is 54.7 Å². The summed E-state index contributed by atoms with van der Waals surface area (Å²) in [6, 6.07) is 22.5. The van der Waals surface area contributed by atoms with Gasteiger partial charge in [0.1, 0.15) is 0 Å². The lowest BCUT2D eigenvalue weighted by molar-refractivity contribution is 1.11. The summed E-state index contributed by atoms with van der Waals surface area (Å²) in [4.78, 5) is 4.50. The van der Waals surface area contributed by atoms with Crippen LogP contribution in [0.1, 0.15) is 12.5 Å². The zero-order valence-corrected chi connectivity index (χ0v) is 10.6. The zero-order chi connectivity index (χ0) is 12.6. The van der Waals surface area contributed by atoms with E-state index in [1.54, 1.807) is 0 Å². The molecule has 90 valence electrons. The molecule has 1 aromatic carbocycles. The quantitative estimate of drug-likeness (QED) is 0.750. The van der Waals surface area contributed by atoms with Crippen LogP contribution in [0.3, 0.4) is 0 Å². The van der Waals surface area contributed by atoms with E-state index in [0.29, 0.717) is 0 Å². The number of hydrogen-bond acceptors (Lipinski definition) is 1. The summed E-state index contributed by atoms with van der Waals surface area (Å²) in [6.07, 6.45) is 2.84. The van der Waals surface area contributed by atoms with Crippen molar-refractivity contribution < 1.29 is 0 Å². The van der Waals surface area contributed by atoms with Gasteiger partial charge in [0.2, 0.25) is 0 Å². The first-order valence-electron chi connectivity index (χ1n) is 6.24. The predicted molar refractivity (Wildman–Crippen MR) is 76.7 cm³/mol. The molecule has 1 nitrogen and oxygen atoms in total. The second-order valence-corrected chi connectivity index (χ2v) is 4.00. The summed E-state index contributed by atoms with van der Waals surface area (Å²) in [7, 11) is 0. The van der Waals surface area contributed by atoms with E-state index in [4.69, 9.17) is 0 Å².